The van der Waals surface area contributed by atoms with Gasteiger partial charge < -0.3 is 5.32 Å². The number of hydrogen-bond acceptors (Lipinski definition) is 2. The normalized spacial score (nSPS) is 10.6. The third kappa shape index (κ3) is 2.81. The third-order valence-electron chi connectivity index (χ3n) is 2.15. The van der Waals surface area contributed by atoms with E-state index in [9.17, 15) is 18.0 Å². The maximum absolute atomic E-state index is 13.6. The van der Waals surface area contributed by atoms with Crippen molar-refractivity contribution < 1.29 is 18.0 Å². The highest BCUT2D eigenvalue weighted by atomic mass is 79.9. The predicted octanol–water partition coefficient (Wildman–Crippen LogP) is 3.47. The number of aromatic nitrogens is 2. The van der Waals surface area contributed by atoms with Crippen LogP contribution in [0.2, 0.25) is 0 Å². The van der Waals surface area contributed by atoms with Gasteiger partial charge in [0.05, 0.1) is 20.6 Å². The van der Waals surface area contributed by atoms with E-state index in [2.05, 4.69) is 37.2 Å². The molecule has 1 N–H and O–H groups in total. The molecule has 9 heteroatoms. The summed E-state index contributed by atoms with van der Waals surface area (Å²) in [5.74, 6) is -3.73. The molecule has 19 heavy (non-hydrogen) atoms. The highest BCUT2D eigenvalue weighted by Crippen LogP contribution is 2.26. The summed E-state index contributed by atoms with van der Waals surface area (Å²) >= 11 is 5.66. The van der Waals surface area contributed by atoms with Crippen LogP contribution in [-0.2, 0) is 0 Å². The summed E-state index contributed by atoms with van der Waals surface area (Å²) < 4.78 is 40.6. The molecule has 1 heterocycles. The standard InChI is InChI=1S/C10H4Br2F3N3O/c11-4-1-2-5(13)9(8(4)15)16-10(19)6-3-7(14)17-18(6)12/h1-3H,(H,16,19). The van der Waals surface area contributed by atoms with Gasteiger partial charge in [-0.3, -0.25) is 4.79 Å². The minimum Gasteiger partial charge on any atom is -0.316 e. The zero-order chi connectivity index (χ0) is 14.2. The molecular formula is C10H4Br2F3N3O. The molecule has 1 amide bonds. The van der Waals surface area contributed by atoms with Gasteiger partial charge in [0.2, 0.25) is 5.95 Å². The van der Waals surface area contributed by atoms with E-state index in [0.29, 0.717) is 0 Å². The number of carbonyl (C=O) groups is 1. The van der Waals surface area contributed by atoms with Crippen LogP contribution in [-0.4, -0.2) is 14.7 Å². The van der Waals surface area contributed by atoms with Crippen LogP contribution >= 0.6 is 32.1 Å². The molecule has 0 atom stereocenters. The van der Waals surface area contributed by atoms with E-state index in [1.165, 1.54) is 0 Å². The van der Waals surface area contributed by atoms with E-state index < -0.39 is 29.2 Å². The van der Waals surface area contributed by atoms with Crippen LogP contribution in [0.3, 0.4) is 0 Å². The lowest BCUT2D eigenvalue weighted by Gasteiger charge is -2.08. The van der Waals surface area contributed by atoms with Crippen LogP contribution in [0.25, 0.3) is 0 Å². The Morgan fingerprint density at radius 1 is 1.32 bits per heavy atom. The lowest BCUT2D eigenvalue weighted by Crippen LogP contribution is -2.16. The Bertz CT molecular complexity index is 660. The van der Waals surface area contributed by atoms with Crippen LogP contribution in [0.15, 0.2) is 22.7 Å². The second-order valence-electron chi connectivity index (χ2n) is 3.38. The van der Waals surface area contributed by atoms with Crippen molar-refractivity contribution >= 4 is 43.7 Å². The van der Waals surface area contributed by atoms with Crippen LogP contribution in [0.1, 0.15) is 10.5 Å². The molecule has 1 aromatic heterocycles. The minimum absolute atomic E-state index is 0.0114. The van der Waals surface area contributed by atoms with Crippen LogP contribution < -0.4 is 5.32 Å². The second-order valence-corrected chi connectivity index (χ2v) is 4.91. The van der Waals surface area contributed by atoms with Crippen molar-refractivity contribution in [1.29, 1.82) is 0 Å². The molecule has 0 spiro atoms. The largest absolute Gasteiger partial charge is 0.316 e. The maximum Gasteiger partial charge on any atom is 0.275 e. The first kappa shape index (κ1) is 14.1. The Morgan fingerprint density at radius 3 is 2.58 bits per heavy atom. The fourth-order valence-electron chi connectivity index (χ4n) is 1.30. The quantitative estimate of drug-likeness (QED) is 0.787. The average Bonchev–Trinajstić information content (AvgIpc) is 2.69. The van der Waals surface area contributed by atoms with E-state index >= 15 is 0 Å². The van der Waals surface area contributed by atoms with Crippen molar-refractivity contribution in [2.24, 2.45) is 0 Å². The molecule has 0 aliphatic heterocycles. The average molecular weight is 399 g/mol. The van der Waals surface area contributed by atoms with E-state index in [1.54, 1.807) is 0 Å². The fourth-order valence-corrected chi connectivity index (χ4v) is 2.05. The molecule has 0 saturated carbocycles. The second kappa shape index (κ2) is 5.33. The number of nitrogens with one attached hydrogen (secondary N) is 1. The van der Waals surface area contributed by atoms with E-state index in [0.717, 1.165) is 21.9 Å². The Morgan fingerprint density at radius 2 is 2.00 bits per heavy atom. The fraction of sp³-hybridized carbons (Fsp3) is 0. The van der Waals surface area contributed by atoms with Gasteiger partial charge in [0.25, 0.3) is 5.91 Å². The van der Waals surface area contributed by atoms with E-state index in [-0.39, 0.29) is 10.2 Å². The summed E-state index contributed by atoms with van der Waals surface area (Å²) in [4.78, 5) is 11.7. The van der Waals surface area contributed by atoms with Gasteiger partial charge in [0.15, 0.2) is 5.82 Å². The molecular weight excluding hydrogens is 395 g/mol. The molecule has 0 fully saturated rings. The summed E-state index contributed by atoms with van der Waals surface area (Å²) in [7, 11) is 0. The van der Waals surface area contributed by atoms with Crippen molar-refractivity contribution in [2.75, 3.05) is 5.32 Å². The first-order valence-electron chi connectivity index (χ1n) is 4.76. The molecule has 0 saturated heterocycles. The first-order valence-corrected chi connectivity index (χ1v) is 6.27. The molecule has 2 aromatic rings. The molecule has 100 valence electrons. The SMILES string of the molecule is O=C(Nc1c(F)ccc(Br)c1F)c1cc(F)nn1Br. The monoisotopic (exact) mass is 397 g/mol. The summed E-state index contributed by atoms with van der Waals surface area (Å²) in [6.45, 7) is 0. The number of rotatable bonds is 2. The van der Waals surface area contributed by atoms with Gasteiger partial charge >= 0.3 is 0 Å². The number of carbonyl (C=O) groups excluding carboxylic acids is 1. The zero-order valence-corrected chi connectivity index (χ0v) is 12.1. The van der Waals surface area contributed by atoms with Gasteiger partial charge in [-0.05, 0) is 28.1 Å². The highest BCUT2D eigenvalue weighted by molar-refractivity contribution is 9.10. The van der Waals surface area contributed by atoms with Gasteiger partial charge in [-0.1, -0.05) is 0 Å². The van der Waals surface area contributed by atoms with Crippen LogP contribution in [0, 0.1) is 17.6 Å². The summed E-state index contributed by atoms with van der Waals surface area (Å²) in [5, 5.41) is 5.26. The Kier molecular flexibility index (Phi) is 3.95. The molecule has 0 bridgehead atoms. The van der Waals surface area contributed by atoms with Crippen molar-refractivity contribution in [3.05, 3.63) is 45.9 Å². The maximum atomic E-state index is 13.6. The van der Waals surface area contributed by atoms with Crippen molar-refractivity contribution in [3.8, 4) is 0 Å². The molecule has 4 nitrogen and oxygen atoms in total. The molecule has 0 aliphatic carbocycles. The number of halogens is 5. The van der Waals surface area contributed by atoms with E-state index in [4.69, 9.17) is 0 Å². The van der Waals surface area contributed by atoms with Gasteiger partial charge in [-0.15, -0.1) is 5.10 Å². The highest BCUT2D eigenvalue weighted by Gasteiger charge is 2.19. The molecule has 0 radical (unpaired) electrons. The number of nitrogens with zero attached hydrogens (tertiary/aromatic N) is 2. The number of amides is 1. The van der Waals surface area contributed by atoms with Gasteiger partial charge in [-0.25, -0.2) is 8.78 Å². The number of anilines is 1. The zero-order valence-electron chi connectivity index (χ0n) is 8.92. The summed E-state index contributed by atoms with van der Waals surface area (Å²) in [6, 6.07) is 2.96. The topological polar surface area (TPSA) is 46.9 Å². The van der Waals surface area contributed by atoms with Crippen molar-refractivity contribution in [2.45, 2.75) is 0 Å². The van der Waals surface area contributed by atoms with Crippen LogP contribution in [0.5, 0.6) is 0 Å². The van der Waals surface area contributed by atoms with Gasteiger partial charge in [-0.2, -0.15) is 8.10 Å². The Hall–Kier alpha value is -1.35. The van der Waals surface area contributed by atoms with Crippen molar-refractivity contribution in [3.63, 3.8) is 0 Å². The third-order valence-corrected chi connectivity index (χ3v) is 3.31. The smallest absolute Gasteiger partial charge is 0.275 e. The van der Waals surface area contributed by atoms with Crippen molar-refractivity contribution in [1.82, 2.24) is 8.81 Å². The summed E-state index contributed by atoms with van der Waals surface area (Å²) in [5.41, 5.74) is -0.871. The van der Waals surface area contributed by atoms with Gasteiger partial charge in [0, 0.05) is 6.07 Å². The molecule has 1 aromatic carbocycles. The first-order chi connectivity index (χ1) is 8.90. The predicted molar refractivity (Wildman–Crippen MR) is 68.5 cm³/mol. The molecule has 2 rings (SSSR count). The Labute approximate surface area is 122 Å². The van der Waals surface area contributed by atoms with Gasteiger partial charge in [0.1, 0.15) is 17.2 Å². The molecule has 0 aliphatic rings. The number of hydrogen-bond donors (Lipinski definition) is 1. The minimum atomic E-state index is -0.963. The lowest BCUT2D eigenvalue weighted by atomic mass is 10.2. The summed E-state index contributed by atoms with van der Waals surface area (Å²) in [6.07, 6.45) is 0. The lowest BCUT2D eigenvalue weighted by molar-refractivity contribution is 0.102. The Balaban J connectivity index is 2.34. The molecule has 0 unspecified atom stereocenters. The van der Waals surface area contributed by atoms with E-state index in [1.807, 2.05) is 5.32 Å². The van der Waals surface area contributed by atoms with Crippen LogP contribution in [0.4, 0.5) is 18.9 Å². The number of benzene rings is 1.